The Balaban J connectivity index is 2.26. The molecule has 1 aliphatic heterocycles. The SMILES string of the molecule is Cc1ccc(N2CCC(C)(C)CC2)c(C(=O)O)c1. The zero-order chi connectivity index (χ0) is 13.3. The van der Waals surface area contributed by atoms with Gasteiger partial charge in [-0.15, -0.1) is 0 Å². The number of benzene rings is 1. The molecule has 3 heteroatoms. The highest BCUT2D eigenvalue weighted by molar-refractivity contribution is 5.94. The van der Waals surface area contributed by atoms with Crippen LogP contribution in [0.2, 0.25) is 0 Å². The molecular formula is C15H21NO2. The van der Waals surface area contributed by atoms with Gasteiger partial charge in [0.05, 0.1) is 11.3 Å². The maximum absolute atomic E-state index is 11.3. The minimum atomic E-state index is -0.835. The Bertz CT molecular complexity index is 456. The lowest BCUT2D eigenvalue weighted by Crippen LogP contribution is -2.38. The predicted octanol–water partition coefficient (Wildman–Crippen LogP) is 3.32. The van der Waals surface area contributed by atoms with Gasteiger partial charge in [0.25, 0.3) is 0 Å². The Labute approximate surface area is 108 Å². The molecular weight excluding hydrogens is 226 g/mol. The molecule has 0 atom stereocenters. The first-order valence-electron chi connectivity index (χ1n) is 6.48. The lowest BCUT2D eigenvalue weighted by molar-refractivity contribution is 0.0697. The zero-order valence-corrected chi connectivity index (χ0v) is 11.4. The molecule has 1 aromatic rings. The van der Waals surface area contributed by atoms with E-state index in [0.717, 1.165) is 37.2 Å². The molecule has 18 heavy (non-hydrogen) atoms. The van der Waals surface area contributed by atoms with E-state index < -0.39 is 5.97 Å². The number of carboxylic acids is 1. The monoisotopic (exact) mass is 247 g/mol. The summed E-state index contributed by atoms with van der Waals surface area (Å²) in [5.41, 5.74) is 2.66. The van der Waals surface area contributed by atoms with E-state index in [2.05, 4.69) is 18.7 Å². The lowest BCUT2D eigenvalue weighted by Gasteiger charge is -2.38. The summed E-state index contributed by atoms with van der Waals surface area (Å²) in [6, 6.07) is 5.69. The fourth-order valence-corrected chi connectivity index (χ4v) is 2.45. The number of hydrogen-bond acceptors (Lipinski definition) is 2. The molecule has 2 rings (SSSR count). The first-order chi connectivity index (χ1) is 8.39. The van der Waals surface area contributed by atoms with Crippen molar-refractivity contribution in [2.75, 3.05) is 18.0 Å². The number of nitrogens with zero attached hydrogens (tertiary/aromatic N) is 1. The van der Waals surface area contributed by atoms with Crippen molar-refractivity contribution in [2.45, 2.75) is 33.6 Å². The summed E-state index contributed by atoms with van der Waals surface area (Å²) < 4.78 is 0. The summed E-state index contributed by atoms with van der Waals surface area (Å²) in [6.45, 7) is 8.36. The number of hydrogen-bond donors (Lipinski definition) is 1. The van der Waals surface area contributed by atoms with Crippen molar-refractivity contribution in [2.24, 2.45) is 5.41 Å². The molecule has 0 amide bonds. The Hall–Kier alpha value is -1.51. The highest BCUT2D eigenvalue weighted by atomic mass is 16.4. The quantitative estimate of drug-likeness (QED) is 0.871. The van der Waals surface area contributed by atoms with Gasteiger partial charge in [0.1, 0.15) is 0 Å². The third-order valence-electron chi connectivity index (χ3n) is 3.84. The summed E-state index contributed by atoms with van der Waals surface area (Å²) >= 11 is 0. The minimum absolute atomic E-state index is 0.380. The third kappa shape index (κ3) is 2.66. The molecule has 0 spiro atoms. The molecule has 1 fully saturated rings. The fraction of sp³-hybridized carbons (Fsp3) is 0.533. The fourth-order valence-electron chi connectivity index (χ4n) is 2.45. The molecule has 3 nitrogen and oxygen atoms in total. The maximum atomic E-state index is 11.3. The second-order valence-corrected chi connectivity index (χ2v) is 5.98. The van der Waals surface area contributed by atoms with Crippen molar-refractivity contribution in [1.29, 1.82) is 0 Å². The van der Waals surface area contributed by atoms with Crippen molar-refractivity contribution >= 4 is 11.7 Å². The minimum Gasteiger partial charge on any atom is -0.478 e. The van der Waals surface area contributed by atoms with Crippen LogP contribution in [-0.2, 0) is 0 Å². The Kier molecular flexibility index (Phi) is 3.33. The molecule has 98 valence electrons. The van der Waals surface area contributed by atoms with Crippen molar-refractivity contribution in [1.82, 2.24) is 0 Å². The second-order valence-electron chi connectivity index (χ2n) is 5.98. The van der Waals surface area contributed by atoms with E-state index in [1.807, 2.05) is 19.1 Å². The van der Waals surface area contributed by atoms with Crippen LogP contribution < -0.4 is 4.90 Å². The Morgan fingerprint density at radius 1 is 1.28 bits per heavy atom. The molecule has 1 aliphatic rings. The van der Waals surface area contributed by atoms with Crippen LogP contribution in [-0.4, -0.2) is 24.2 Å². The van der Waals surface area contributed by atoms with Crippen molar-refractivity contribution in [3.05, 3.63) is 29.3 Å². The van der Waals surface area contributed by atoms with Crippen LogP contribution in [0.3, 0.4) is 0 Å². The van der Waals surface area contributed by atoms with Crippen LogP contribution >= 0.6 is 0 Å². The molecule has 1 aromatic carbocycles. The number of carboxylic acid groups (broad SMARTS) is 1. The van der Waals surface area contributed by atoms with Gasteiger partial charge in [0, 0.05) is 13.1 Å². The molecule has 0 aromatic heterocycles. The van der Waals surface area contributed by atoms with Crippen LogP contribution in [0.4, 0.5) is 5.69 Å². The smallest absolute Gasteiger partial charge is 0.337 e. The van der Waals surface area contributed by atoms with E-state index in [-0.39, 0.29) is 0 Å². The summed E-state index contributed by atoms with van der Waals surface area (Å²) in [6.07, 6.45) is 2.22. The topological polar surface area (TPSA) is 40.5 Å². The largest absolute Gasteiger partial charge is 0.478 e. The average Bonchev–Trinajstić information content (AvgIpc) is 2.29. The van der Waals surface area contributed by atoms with Crippen LogP contribution in [0.1, 0.15) is 42.6 Å². The molecule has 1 N–H and O–H groups in total. The van der Waals surface area contributed by atoms with Crippen LogP contribution in [0.5, 0.6) is 0 Å². The van der Waals surface area contributed by atoms with Crippen LogP contribution in [0.25, 0.3) is 0 Å². The summed E-state index contributed by atoms with van der Waals surface area (Å²) in [7, 11) is 0. The van der Waals surface area contributed by atoms with Crippen molar-refractivity contribution in [3.63, 3.8) is 0 Å². The van der Waals surface area contributed by atoms with Crippen molar-refractivity contribution < 1.29 is 9.90 Å². The van der Waals surface area contributed by atoms with E-state index in [9.17, 15) is 9.90 Å². The van der Waals surface area contributed by atoms with Crippen molar-refractivity contribution in [3.8, 4) is 0 Å². The van der Waals surface area contributed by atoms with E-state index in [0.29, 0.717) is 11.0 Å². The van der Waals surface area contributed by atoms with E-state index in [1.165, 1.54) is 0 Å². The van der Waals surface area contributed by atoms with Gasteiger partial charge in [-0.2, -0.15) is 0 Å². The number of aromatic carboxylic acids is 1. The van der Waals surface area contributed by atoms with Gasteiger partial charge >= 0.3 is 5.97 Å². The maximum Gasteiger partial charge on any atom is 0.337 e. The summed E-state index contributed by atoms with van der Waals surface area (Å²) in [5, 5.41) is 9.30. The number of carbonyl (C=O) groups is 1. The van der Waals surface area contributed by atoms with Gasteiger partial charge in [0.2, 0.25) is 0 Å². The highest BCUT2D eigenvalue weighted by Gasteiger charge is 2.27. The summed E-state index contributed by atoms with van der Waals surface area (Å²) in [4.78, 5) is 13.5. The van der Waals surface area contributed by atoms with Gasteiger partial charge in [-0.3, -0.25) is 0 Å². The second kappa shape index (κ2) is 4.63. The summed E-state index contributed by atoms with van der Waals surface area (Å²) in [5.74, 6) is -0.835. The number of piperidine rings is 1. The number of anilines is 1. The number of aryl methyl sites for hydroxylation is 1. The van der Waals surface area contributed by atoms with E-state index in [1.54, 1.807) is 6.07 Å². The molecule has 1 heterocycles. The molecule has 0 unspecified atom stereocenters. The van der Waals surface area contributed by atoms with E-state index in [4.69, 9.17) is 0 Å². The van der Waals surface area contributed by atoms with Gasteiger partial charge in [0.15, 0.2) is 0 Å². The highest BCUT2D eigenvalue weighted by Crippen LogP contribution is 2.33. The average molecular weight is 247 g/mol. The first-order valence-corrected chi connectivity index (χ1v) is 6.48. The molecule has 0 bridgehead atoms. The van der Waals surface area contributed by atoms with Gasteiger partial charge in [-0.05, 0) is 37.3 Å². The van der Waals surface area contributed by atoms with Crippen LogP contribution in [0.15, 0.2) is 18.2 Å². The van der Waals surface area contributed by atoms with Gasteiger partial charge < -0.3 is 10.0 Å². The zero-order valence-electron chi connectivity index (χ0n) is 11.4. The predicted molar refractivity (Wildman–Crippen MR) is 73.4 cm³/mol. The molecule has 0 radical (unpaired) electrons. The molecule has 0 aliphatic carbocycles. The Morgan fingerprint density at radius 2 is 1.89 bits per heavy atom. The van der Waals surface area contributed by atoms with Crippen LogP contribution in [0, 0.1) is 12.3 Å². The third-order valence-corrected chi connectivity index (χ3v) is 3.84. The molecule has 1 saturated heterocycles. The normalized spacial score (nSPS) is 18.7. The number of rotatable bonds is 2. The first kappa shape index (κ1) is 12.9. The lowest BCUT2D eigenvalue weighted by atomic mass is 9.82. The van der Waals surface area contributed by atoms with Gasteiger partial charge in [-0.25, -0.2) is 4.79 Å². The van der Waals surface area contributed by atoms with Gasteiger partial charge in [-0.1, -0.05) is 25.5 Å². The standard InChI is InChI=1S/C15H21NO2/c1-11-4-5-13(12(10-11)14(17)18)16-8-6-15(2,3)7-9-16/h4-5,10H,6-9H2,1-3H3,(H,17,18). The molecule has 0 saturated carbocycles. The Morgan fingerprint density at radius 3 is 2.44 bits per heavy atom. The van der Waals surface area contributed by atoms with E-state index >= 15 is 0 Å².